The molecule has 23 heavy (non-hydrogen) atoms. The van der Waals surface area contributed by atoms with Crippen LogP contribution in [0.1, 0.15) is 50.2 Å². The Hall–Kier alpha value is -1.84. The molecule has 0 radical (unpaired) electrons. The molecule has 126 valence electrons. The van der Waals surface area contributed by atoms with E-state index in [9.17, 15) is 9.59 Å². The number of hydrogen-bond donors (Lipinski definition) is 1. The van der Waals surface area contributed by atoms with Crippen molar-refractivity contribution in [2.45, 2.75) is 52.9 Å². The van der Waals surface area contributed by atoms with Gasteiger partial charge in [0, 0.05) is 31.6 Å². The molecule has 4 nitrogen and oxygen atoms in total. The van der Waals surface area contributed by atoms with Gasteiger partial charge in [-0.25, -0.2) is 0 Å². The third-order valence-electron chi connectivity index (χ3n) is 4.65. The predicted molar refractivity (Wildman–Crippen MR) is 93.5 cm³/mol. The number of carbonyl (C=O) groups excluding carboxylic acids is 2. The molecular weight excluding hydrogens is 288 g/mol. The van der Waals surface area contributed by atoms with Crippen LogP contribution in [0.3, 0.4) is 0 Å². The second kappa shape index (κ2) is 8.14. The van der Waals surface area contributed by atoms with Gasteiger partial charge in [0.25, 0.3) is 0 Å². The molecule has 0 aromatic heterocycles. The maximum absolute atomic E-state index is 12.2. The molecule has 1 aliphatic carbocycles. The maximum Gasteiger partial charge on any atom is 0.223 e. The van der Waals surface area contributed by atoms with Crippen LogP contribution in [0.5, 0.6) is 0 Å². The van der Waals surface area contributed by atoms with Crippen molar-refractivity contribution in [2.75, 3.05) is 18.0 Å². The van der Waals surface area contributed by atoms with Crippen molar-refractivity contribution in [1.29, 1.82) is 0 Å². The van der Waals surface area contributed by atoms with E-state index < -0.39 is 0 Å². The van der Waals surface area contributed by atoms with Gasteiger partial charge in [-0.05, 0) is 43.9 Å². The number of nitrogens with zero attached hydrogens (tertiary/aromatic N) is 1. The van der Waals surface area contributed by atoms with Gasteiger partial charge in [-0.1, -0.05) is 31.4 Å². The van der Waals surface area contributed by atoms with Gasteiger partial charge in [-0.15, -0.1) is 0 Å². The number of nitrogens with one attached hydrogen (secondary N) is 1. The molecule has 4 heteroatoms. The summed E-state index contributed by atoms with van der Waals surface area (Å²) in [7, 11) is 0. The summed E-state index contributed by atoms with van der Waals surface area (Å²) in [6.07, 6.45) is 5.55. The molecule has 1 aromatic rings. The molecule has 0 saturated heterocycles. The topological polar surface area (TPSA) is 49.4 Å². The Labute approximate surface area is 139 Å². The largest absolute Gasteiger partial charge is 0.354 e. The first kappa shape index (κ1) is 17.5. The highest BCUT2D eigenvalue weighted by atomic mass is 16.2. The molecule has 1 saturated carbocycles. The first-order chi connectivity index (χ1) is 11.0. The zero-order chi connectivity index (χ0) is 16.8. The predicted octanol–water partition coefficient (Wildman–Crippen LogP) is 3.35. The van der Waals surface area contributed by atoms with E-state index in [1.807, 2.05) is 32.0 Å². The molecule has 0 bridgehead atoms. The maximum atomic E-state index is 12.2. The number of amides is 2. The zero-order valence-electron chi connectivity index (χ0n) is 14.5. The summed E-state index contributed by atoms with van der Waals surface area (Å²) in [5.74, 6) is 0.315. The van der Waals surface area contributed by atoms with Crippen LogP contribution < -0.4 is 10.2 Å². The average molecular weight is 316 g/mol. The zero-order valence-corrected chi connectivity index (χ0v) is 14.5. The molecule has 2 rings (SSSR count). The Morgan fingerprint density at radius 3 is 2.52 bits per heavy atom. The summed E-state index contributed by atoms with van der Waals surface area (Å²) >= 11 is 0. The highest BCUT2D eigenvalue weighted by molar-refractivity contribution is 5.92. The lowest BCUT2D eigenvalue weighted by molar-refractivity contribution is -0.126. The molecule has 1 aromatic carbocycles. The Morgan fingerprint density at radius 2 is 1.87 bits per heavy atom. The van der Waals surface area contributed by atoms with Crippen LogP contribution in [0.15, 0.2) is 18.2 Å². The third-order valence-corrected chi connectivity index (χ3v) is 4.65. The molecule has 1 aliphatic rings. The lowest BCUT2D eigenvalue weighted by Crippen LogP contribution is -2.40. The number of rotatable bonds is 5. The van der Waals surface area contributed by atoms with Crippen LogP contribution >= 0.6 is 0 Å². The Morgan fingerprint density at radius 1 is 1.17 bits per heavy atom. The molecule has 0 atom stereocenters. The molecular formula is C19H28N2O2. The van der Waals surface area contributed by atoms with Crippen LogP contribution in [0.4, 0.5) is 5.69 Å². The van der Waals surface area contributed by atoms with Gasteiger partial charge in [-0.2, -0.15) is 0 Å². The molecule has 0 aliphatic heterocycles. The minimum Gasteiger partial charge on any atom is -0.354 e. The standard InChI is InChI=1S/C19H28N2O2/c1-14-9-10-15(2)18(13-14)21(16(3)22)12-11-20-19(23)17-7-5-4-6-8-17/h9-10,13,17H,4-8,11-12H2,1-3H3,(H,20,23). The van der Waals surface area contributed by atoms with Gasteiger partial charge in [0.15, 0.2) is 0 Å². The van der Waals surface area contributed by atoms with E-state index in [0.717, 1.165) is 42.5 Å². The number of aryl methyl sites for hydroxylation is 2. The lowest BCUT2D eigenvalue weighted by Gasteiger charge is -2.25. The van der Waals surface area contributed by atoms with Gasteiger partial charge in [0.05, 0.1) is 0 Å². The molecule has 0 spiro atoms. The van der Waals surface area contributed by atoms with Gasteiger partial charge in [0.1, 0.15) is 0 Å². The van der Waals surface area contributed by atoms with Gasteiger partial charge in [0.2, 0.25) is 11.8 Å². The molecule has 1 N–H and O–H groups in total. The number of benzene rings is 1. The van der Waals surface area contributed by atoms with Gasteiger partial charge >= 0.3 is 0 Å². The van der Waals surface area contributed by atoms with E-state index >= 15 is 0 Å². The first-order valence-electron chi connectivity index (χ1n) is 8.62. The van der Waals surface area contributed by atoms with Crippen molar-refractivity contribution < 1.29 is 9.59 Å². The van der Waals surface area contributed by atoms with E-state index in [1.165, 1.54) is 6.42 Å². The fourth-order valence-electron chi connectivity index (χ4n) is 3.26. The van der Waals surface area contributed by atoms with Crippen molar-refractivity contribution in [3.63, 3.8) is 0 Å². The Kier molecular flexibility index (Phi) is 6.20. The highest BCUT2D eigenvalue weighted by Crippen LogP contribution is 2.24. The van der Waals surface area contributed by atoms with Crippen LogP contribution in [-0.2, 0) is 9.59 Å². The van der Waals surface area contributed by atoms with Gasteiger partial charge in [-0.3, -0.25) is 9.59 Å². The summed E-state index contributed by atoms with van der Waals surface area (Å²) in [5, 5.41) is 3.01. The normalized spacial score (nSPS) is 15.3. The summed E-state index contributed by atoms with van der Waals surface area (Å²) in [6.45, 7) is 6.61. The summed E-state index contributed by atoms with van der Waals surface area (Å²) in [4.78, 5) is 25.9. The minimum absolute atomic E-state index is 0.00520. The van der Waals surface area contributed by atoms with Crippen LogP contribution in [0.2, 0.25) is 0 Å². The van der Waals surface area contributed by atoms with E-state index in [-0.39, 0.29) is 17.7 Å². The second-order valence-electron chi connectivity index (χ2n) is 6.59. The fraction of sp³-hybridized carbons (Fsp3) is 0.579. The third kappa shape index (κ3) is 4.81. The van der Waals surface area contributed by atoms with Crippen LogP contribution in [-0.4, -0.2) is 24.9 Å². The summed E-state index contributed by atoms with van der Waals surface area (Å²) in [6, 6.07) is 6.10. The lowest BCUT2D eigenvalue weighted by atomic mass is 9.89. The highest BCUT2D eigenvalue weighted by Gasteiger charge is 2.21. The summed E-state index contributed by atoms with van der Waals surface area (Å²) in [5.41, 5.74) is 3.14. The quantitative estimate of drug-likeness (QED) is 0.905. The molecule has 2 amide bonds. The first-order valence-corrected chi connectivity index (χ1v) is 8.62. The number of anilines is 1. The SMILES string of the molecule is CC(=O)N(CCNC(=O)C1CCCCC1)c1cc(C)ccc1C. The van der Waals surface area contributed by atoms with Crippen molar-refractivity contribution in [2.24, 2.45) is 5.92 Å². The van der Waals surface area contributed by atoms with Gasteiger partial charge < -0.3 is 10.2 Å². The number of hydrogen-bond acceptors (Lipinski definition) is 2. The number of carbonyl (C=O) groups is 2. The molecule has 0 unspecified atom stereocenters. The van der Waals surface area contributed by atoms with Crippen molar-refractivity contribution in [3.05, 3.63) is 29.3 Å². The van der Waals surface area contributed by atoms with Crippen molar-refractivity contribution >= 4 is 17.5 Å². The van der Waals surface area contributed by atoms with E-state index in [0.29, 0.717) is 13.1 Å². The average Bonchev–Trinajstić information content (AvgIpc) is 2.54. The van der Waals surface area contributed by atoms with Crippen LogP contribution in [0.25, 0.3) is 0 Å². The monoisotopic (exact) mass is 316 g/mol. The van der Waals surface area contributed by atoms with Crippen molar-refractivity contribution in [3.8, 4) is 0 Å². The van der Waals surface area contributed by atoms with E-state index in [2.05, 4.69) is 5.32 Å². The Balaban J connectivity index is 1.93. The van der Waals surface area contributed by atoms with Crippen LogP contribution in [0, 0.1) is 19.8 Å². The van der Waals surface area contributed by atoms with E-state index in [1.54, 1.807) is 11.8 Å². The molecule has 0 heterocycles. The summed E-state index contributed by atoms with van der Waals surface area (Å²) < 4.78 is 0. The minimum atomic E-state index is 0.00520. The van der Waals surface area contributed by atoms with Crippen molar-refractivity contribution in [1.82, 2.24) is 5.32 Å². The second-order valence-corrected chi connectivity index (χ2v) is 6.59. The smallest absolute Gasteiger partial charge is 0.223 e. The fourth-order valence-corrected chi connectivity index (χ4v) is 3.26. The van der Waals surface area contributed by atoms with E-state index in [4.69, 9.17) is 0 Å². The Bertz CT molecular complexity index is 562. The molecule has 1 fully saturated rings.